The largest absolute Gasteiger partial charge is 1.00 e. The van der Waals surface area contributed by atoms with Gasteiger partial charge >= 0.3 is 51.4 Å². The third kappa shape index (κ3) is 2.65. The van der Waals surface area contributed by atoms with Gasteiger partial charge in [-0.15, -0.1) is 17.2 Å². The number of amides is 1. The zero-order valence-corrected chi connectivity index (χ0v) is 14.0. The van der Waals surface area contributed by atoms with E-state index < -0.39 is 0 Å². The Hall–Kier alpha value is 0.0664. The van der Waals surface area contributed by atoms with Crippen LogP contribution in [0.4, 0.5) is 5.69 Å². The van der Waals surface area contributed by atoms with E-state index in [0.29, 0.717) is 11.5 Å². The van der Waals surface area contributed by atoms with Gasteiger partial charge in [0, 0.05) is 0 Å². The number of hydrogen-bond donors (Lipinski definition) is 1. The van der Waals surface area contributed by atoms with Crippen LogP contribution < -0.4 is 56.7 Å². The van der Waals surface area contributed by atoms with Gasteiger partial charge in [-0.05, 0) is 24.4 Å². The van der Waals surface area contributed by atoms with Crippen molar-refractivity contribution in [3.05, 3.63) is 35.9 Å². The molecule has 0 radical (unpaired) electrons. The van der Waals surface area contributed by atoms with Crippen molar-refractivity contribution in [1.29, 1.82) is 0 Å². The third-order valence-corrected chi connectivity index (χ3v) is 3.90. The zero-order valence-electron chi connectivity index (χ0n) is 10.8. The van der Waals surface area contributed by atoms with E-state index in [2.05, 4.69) is 17.4 Å². The van der Waals surface area contributed by atoms with Crippen LogP contribution in [0, 0.1) is 6.58 Å². The molecule has 2 nitrogen and oxygen atoms in total. The molecule has 1 aliphatic heterocycles. The molecule has 0 spiro atoms. The molecule has 88 valence electrons. The Balaban J connectivity index is 0.00000120. The summed E-state index contributed by atoms with van der Waals surface area (Å²) in [7, 11) is 0. The fraction of sp³-hybridized carbons (Fsp3) is 0.400. The summed E-state index contributed by atoms with van der Waals surface area (Å²) in [5.74, 6) is 0.485. The predicted molar refractivity (Wildman–Crippen MR) is 68.6 cm³/mol. The molecule has 1 fully saturated rings. The maximum Gasteiger partial charge on any atom is 1.00 e. The van der Waals surface area contributed by atoms with Crippen LogP contribution in [0.5, 0.6) is 0 Å². The minimum absolute atomic E-state index is 0. The first-order valence-corrected chi connectivity index (χ1v) is 6.34. The Bertz CT molecular complexity index is 489. The number of carbonyl (C=O) groups excluding carboxylic acids is 1. The summed E-state index contributed by atoms with van der Waals surface area (Å²) in [6.07, 6.45) is 6.52. The Kier molecular flexibility index (Phi) is 4.84. The number of benzene rings is 1. The standard InChI is InChI=1S/C15H16NO.K/c1-10-13-9-12(11-5-3-2-4-6-11)7-8-14(13)16-15(10)17;/h1,7-9,11H,2-6H2,(H,16,17);/q-1;+1. The quantitative estimate of drug-likeness (QED) is 0.447. The third-order valence-electron chi connectivity index (χ3n) is 3.90. The molecule has 1 saturated carbocycles. The van der Waals surface area contributed by atoms with Crippen LogP contribution in [0.1, 0.15) is 49.1 Å². The molecule has 1 aromatic carbocycles. The van der Waals surface area contributed by atoms with E-state index in [1.54, 1.807) is 0 Å². The second-order valence-corrected chi connectivity index (χ2v) is 5.01. The van der Waals surface area contributed by atoms with Gasteiger partial charge < -0.3 is 10.1 Å². The molecule has 0 unspecified atom stereocenters. The molecule has 1 aromatic rings. The van der Waals surface area contributed by atoms with Crippen molar-refractivity contribution in [3.8, 4) is 0 Å². The van der Waals surface area contributed by atoms with E-state index in [9.17, 15) is 4.79 Å². The summed E-state index contributed by atoms with van der Waals surface area (Å²) in [4.78, 5) is 11.4. The number of rotatable bonds is 1. The van der Waals surface area contributed by atoms with Crippen molar-refractivity contribution in [2.45, 2.75) is 38.0 Å². The van der Waals surface area contributed by atoms with E-state index >= 15 is 0 Å². The minimum Gasteiger partial charge on any atom is -0.385 e. The van der Waals surface area contributed by atoms with Crippen LogP contribution in [0.3, 0.4) is 0 Å². The van der Waals surface area contributed by atoms with Gasteiger partial charge in [-0.1, -0.05) is 37.0 Å². The summed E-state index contributed by atoms with van der Waals surface area (Å²) in [5.41, 5.74) is 3.44. The average molecular weight is 265 g/mol. The fourth-order valence-corrected chi connectivity index (χ4v) is 2.90. The molecule has 0 aromatic heterocycles. The van der Waals surface area contributed by atoms with Crippen molar-refractivity contribution in [2.24, 2.45) is 0 Å². The molecule has 0 atom stereocenters. The van der Waals surface area contributed by atoms with Crippen molar-refractivity contribution in [3.63, 3.8) is 0 Å². The minimum atomic E-state index is -0.166. The summed E-state index contributed by atoms with van der Waals surface area (Å²) >= 11 is 0. The Morgan fingerprint density at radius 1 is 1.17 bits per heavy atom. The van der Waals surface area contributed by atoms with E-state index in [0.717, 1.165) is 11.3 Å². The van der Waals surface area contributed by atoms with Gasteiger partial charge in [-0.3, -0.25) is 0 Å². The second kappa shape index (κ2) is 6.01. The van der Waals surface area contributed by atoms with Crippen molar-refractivity contribution >= 4 is 17.2 Å². The molecule has 18 heavy (non-hydrogen) atoms. The van der Waals surface area contributed by atoms with Crippen LogP contribution >= 0.6 is 0 Å². The Morgan fingerprint density at radius 3 is 2.61 bits per heavy atom. The summed E-state index contributed by atoms with van der Waals surface area (Å²) in [6, 6.07) is 6.21. The van der Waals surface area contributed by atoms with Gasteiger partial charge in [-0.2, -0.15) is 0 Å². The number of hydrogen-bond acceptors (Lipinski definition) is 1. The summed E-state index contributed by atoms with van der Waals surface area (Å²) < 4.78 is 0. The average Bonchev–Trinajstić information content (AvgIpc) is 2.66. The first-order chi connectivity index (χ1) is 8.25. The van der Waals surface area contributed by atoms with Gasteiger partial charge in [0.05, 0.1) is 0 Å². The van der Waals surface area contributed by atoms with Crippen molar-refractivity contribution in [2.75, 3.05) is 5.32 Å². The van der Waals surface area contributed by atoms with Crippen LogP contribution in [0.2, 0.25) is 0 Å². The fourth-order valence-electron chi connectivity index (χ4n) is 2.90. The van der Waals surface area contributed by atoms with Crippen LogP contribution in [0.15, 0.2) is 18.2 Å². The number of nitrogens with one attached hydrogen (secondary N) is 1. The SMILES string of the molecule is [CH-]=C1C(=O)Nc2ccc(C3CCCCC3)cc21.[K+]. The number of carbonyl (C=O) groups is 1. The summed E-state index contributed by atoms with van der Waals surface area (Å²) in [6.45, 7) is 5.79. The molecule has 3 rings (SSSR count). The predicted octanol–water partition coefficient (Wildman–Crippen LogP) is 0.507. The Labute approximate surface area is 151 Å². The van der Waals surface area contributed by atoms with Gasteiger partial charge in [0.15, 0.2) is 0 Å². The molecular formula is C15H16KNO. The first-order valence-electron chi connectivity index (χ1n) is 6.34. The van der Waals surface area contributed by atoms with Crippen molar-refractivity contribution in [1.82, 2.24) is 0 Å². The van der Waals surface area contributed by atoms with Crippen LogP contribution in [-0.4, -0.2) is 5.91 Å². The number of anilines is 1. The zero-order chi connectivity index (χ0) is 11.8. The molecule has 2 aliphatic rings. The van der Waals surface area contributed by atoms with Gasteiger partial charge in [-0.25, -0.2) is 6.58 Å². The van der Waals surface area contributed by atoms with E-state index in [4.69, 9.17) is 6.58 Å². The smallest absolute Gasteiger partial charge is 0.385 e. The maximum atomic E-state index is 11.4. The van der Waals surface area contributed by atoms with Gasteiger partial charge in [0.2, 0.25) is 0 Å². The molecule has 0 saturated heterocycles. The van der Waals surface area contributed by atoms with Crippen molar-refractivity contribution < 1.29 is 56.2 Å². The monoisotopic (exact) mass is 265 g/mol. The van der Waals surface area contributed by atoms with Crippen LogP contribution in [0.25, 0.3) is 5.57 Å². The number of fused-ring (bicyclic) bond motifs is 1. The topological polar surface area (TPSA) is 29.1 Å². The molecule has 1 N–H and O–H groups in total. The second-order valence-electron chi connectivity index (χ2n) is 5.01. The molecular weight excluding hydrogens is 249 g/mol. The molecule has 1 aliphatic carbocycles. The normalized spacial score (nSPS) is 19.1. The molecule has 1 heterocycles. The first kappa shape index (κ1) is 14.5. The summed E-state index contributed by atoms with van der Waals surface area (Å²) in [5, 5.41) is 2.78. The van der Waals surface area contributed by atoms with E-state index in [1.807, 2.05) is 6.07 Å². The molecule has 3 heteroatoms. The maximum absolute atomic E-state index is 11.4. The van der Waals surface area contributed by atoms with Crippen LogP contribution in [-0.2, 0) is 4.79 Å². The molecule has 0 bridgehead atoms. The van der Waals surface area contributed by atoms with Gasteiger partial charge in [0.1, 0.15) is 5.91 Å². The van der Waals surface area contributed by atoms with E-state index in [-0.39, 0.29) is 57.3 Å². The molecule has 1 amide bonds. The van der Waals surface area contributed by atoms with E-state index in [1.165, 1.54) is 37.7 Å². The van der Waals surface area contributed by atoms with Gasteiger partial charge in [0.25, 0.3) is 0 Å². The Morgan fingerprint density at radius 2 is 1.89 bits per heavy atom.